The predicted octanol–water partition coefficient (Wildman–Crippen LogP) is 5.76. The first-order valence-electron chi connectivity index (χ1n) is 12.0. The highest BCUT2D eigenvalue weighted by molar-refractivity contribution is 5.65. The van der Waals surface area contributed by atoms with Crippen molar-refractivity contribution in [2.24, 2.45) is 0 Å². The standard InChI is InChI=1S/C26H32F3N3O2/c27-26(28,29)20-12-14-22(15-13-20)31-16-6-9-21(18-31)30-23-10-4-5-11-24(23)32(25(33)34)17-19-7-2-1-3-8-19/h1-3,7-8,12-15,21,23-24,30H,4-6,9-11,16-18H2,(H,33,34)/t21-,23+,24+/m0/s1. The summed E-state index contributed by atoms with van der Waals surface area (Å²) >= 11 is 0. The fourth-order valence-corrected chi connectivity index (χ4v) is 5.30. The van der Waals surface area contributed by atoms with E-state index in [1.807, 2.05) is 30.3 Å². The Balaban J connectivity index is 1.43. The lowest BCUT2D eigenvalue weighted by Gasteiger charge is -2.43. The average Bonchev–Trinajstić information content (AvgIpc) is 2.83. The second-order valence-electron chi connectivity index (χ2n) is 9.35. The van der Waals surface area contributed by atoms with Gasteiger partial charge in [-0.1, -0.05) is 43.2 Å². The molecule has 34 heavy (non-hydrogen) atoms. The number of hydrogen-bond donors (Lipinski definition) is 2. The summed E-state index contributed by atoms with van der Waals surface area (Å²) in [5, 5.41) is 13.7. The molecule has 8 heteroatoms. The van der Waals surface area contributed by atoms with E-state index in [4.69, 9.17) is 0 Å². The summed E-state index contributed by atoms with van der Waals surface area (Å²) in [7, 11) is 0. The molecule has 1 amide bonds. The summed E-state index contributed by atoms with van der Waals surface area (Å²) in [4.78, 5) is 15.9. The summed E-state index contributed by atoms with van der Waals surface area (Å²) in [5.74, 6) is 0. The Morgan fingerprint density at radius 1 is 1.00 bits per heavy atom. The molecule has 5 nitrogen and oxygen atoms in total. The number of nitrogens with zero attached hydrogens (tertiary/aromatic N) is 2. The molecule has 0 spiro atoms. The van der Waals surface area contributed by atoms with E-state index >= 15 is 0 Å². The summed E-state index contributed by atoms with van der Waals surface area (Å²) in [5.41, 5.74) is 1.12. The van der Waals surface area contributed by atoms with Crippen molar-refractivity contribution in [1.82, 2.24) is 10.2 Å². The van der Waals surface area contributed by atoms with E-state index in [2.05, 4.69) is 10.2 Å². The quantitative estimate of drug-likeness (QED) is 0.558. The maximum atomic E-state index is 12.9. The molecular formula is C26H32F3N3O2. The number of alkyl halides is 3. The molecule has 1 saturated carbocycles. The Morgan fingerprint density at radius 2 is 1.71 bits per heavy atom. The summed E-state index contributed by atoms with van der Waals surface area (Å²) < 4.78 is 38.7. The van der Waals surface area contributed by atoms with Crippen LogP contribution in [0.25, 0.3) is 0 Å². The fraction of sp³-hybridized carbons (Fsp3) is 0.500. The van der Waals surface area contributed by atoms with Gasteiger partial charge >= 0.3 is 12.3 Å². The van der Waals surface area contributed by atoms with Gasteiger partial charge in [-0.25, -0.2) is 4.79 Å². The highest BCUT2D eigenvalue weighted by Gasteiger charge is 2.35. The van der Waals surface area contributed by atoms with Gasteiger partial charge in [-0.15, -0.1) is 0 Å². The molecule has 2 N–H and O–H groups in total. The molecule has 3 atom stereocenters. The van der Waals surface area contributed by atoms with E-state index in [1.165, 1.54) is 0 Å². The lowest BCUT2D eigenvalue weighted by atomic mass is 9.87. The van der Waals surface area contributed by atoms with Crippen molar-refractivity contribution in [3.8, 4) is 0 Å². The molecule has 0 unspecified atom stereocenters. The van der Waals surface area contributed by atoms with E-state index in [9.17, 15) is 23.1 Å². The van der Waals surface area contributed by atoms with Crippen LogP contribution in [0, 0.1) is 0 Å². The SMILES string of the molecule is O=C(O)N(Cc1ccccc1)[C@@H]1CCCC[C@H]1N[C@H]1CCCN(c2ccc(C(F)(F)F)cc2)C1. The minimum atomic E-state index is -4.34. The van der Waals surface area contributed by atoms with E-state index in [1.54, 1.807) is 17.0 Å². The minimum absolute atomic E-state index is 0.0612. The molecule has 2 aromatic carbocycles. The monoisotopic (exact) mass is 475 g/mol. The molecule has 1 aliphatic heterocycles. The number of hydrogen-bond acceptors (Lipinski definition) is 3. The number of piperidine rings is 1. The third-order valence-electron chi connectivity index (χ3n) is 7.00. The van der Waals surface area contributed by atoms with Crippen LogP contribution in [0.1, 0.15) is 49.7 Å². The van der Waals surface area contributed by atoms with E-state index in [0.717, 1.165) is 68.5 Å². The Labute approximate surface area is 198 Å². The Morgan fingerprint density at radius 3 is 2.38 bits per heavy atom. The van der Waals surface area contributed by atoms with Crippen molar-refractivity contribution in [3.05, 3.63) is 65.7 Å². The zero-order chi connectivity index (χ0) is 24.1. The van der Waals surface area contributed by atoms with Crippen LogP contribution in [0.4, 0.5) is 23.7 Å². The lowest BCUT2D eigenvalue weighted by Crippen LogP contribution is -2.58. The normalized spacial score (nSPS) is 23.5. The first-order chi connectivity index (χ1) is 16.3. The molecule has 0 radical (unpaired) electrons. The maximum Gasteiger partial charge on any atom is 0.416 e. The second-order valence-corrected chi connectivity index (χ2v) is 9.35. The molecule has 1 saturated heterocycles. The molecule has 1 heterocycles. The van der Waals surface area contributed by atoms with E-state index in [-0.39, 0.29) is 18.1 Å². The number of anilines is 1. The number of carboxylic acid groups (broad SMARTS) is 1. The first-order valence-corrected chi connectivity index (χ1v) is 12.0. The van der Waals surface area contributed by atoms with Crippen molar-refractivity contribution in [3.63, 3.8) is 0 Å². The molecule has 0 aromatic heterocycles. The second kappa shape index (κ2) is 10.7. The van der Waals surface area contributed by atoms with Crippen LogP contribution in [0.15, 0.2) is 54.6 Å². The van der Waals surface area contributed by atoms with Crippen molar-refractivity contribution in [2.45, 2.75) is 69.4 Å². The topological polar surface area (TPSA) is 55.8 Å². The number of halogens is 3. The molecule has 2 aliphatic rings. The van der Waals surface area contributed by atoms with Gasteiger partial charge in [0.25, 0.3) is 0 Å². The third-order valence-corrected chi connectivity index (χ3v) is 7.00. The Bertz CT molecular complexity index is 937. The molecule has 184 valence electrons. The molecule has 4 rings (SSSR count). The van der Waals surface area contributed by atoms with Crippen LogP contribution in [-0.2, 0) is 12.7 Å². The van der Waals surface area contributed by atoms with Gasteiger partial charge in [0.1, 0.15) is 0 Å². The van der Waals surface area contributed by atoms with Crippen LogP contribution < -0.4 is 10.2 Å². The number of benzene rings is 2. The fourth-order valence-electron chi connectivity index (χ4n) is 5.30. The van der Waals surface area contributed by atoms with Crippen LogP contribution in [0.5, 0.6) is 0 Å². The van der Waals surface area contributed by atoms with Gasteiger partial charge in [0.2, 0.25) is 0 Å². The molecule has 2 fully saturated rings. The number of carbonyl (C=O) groups is 1. The number of nitrogens with one attached hydrogen (secondary N) is 1. The van der Waals surface area contributed by atoms with Crippen LogP contribution in [-0.4, -0.2) is 47.3 Å². The van der Waals surface area contributed by atoms with Gasteiger partial charge in [0.05, 0.1) is 11.6 Å². The third kappa shape index (κ3) is 6.03. The van der Waals surface area contributed by atoms with Gasteiger partial charge in [-0.05, 0) is 55.5 Å². The van der Waals surface area contributed by atoms with Gasteiger partial charge in [-0.2, -0.15) is 13.2 Å². The molecule has 1 aliphatic carbocycles. The van der Waals surface area contributed by atoms with Crippen molar-refractivity contribution < 1.29 is 23.1 Å². The summed E-state index contributed by atoms with van der Waals surface area (Å²) in [6.07, 6.45) is 0.459. The highest BCUT2D eigenvalue weighted by Crippen LogP contribution is 2.31. The zero-order valence-corrected chi connectivity index (χ0v) is 19.2. The first kappa shape index (κ1) is 24.4. The van der Waals surface area contributed by atoms with Gasteiger partial charge in [0.15, 0.2) is 0 Å². The minimum Gasteiger partial charge on any atom is -0.465 e. The van der Waals surface area contributed by atoms with E-state index in [0.29, 0.717) is 13.1 Å². The smallest absolute Gasteiger partial charge is 0.416 e. The van der Waals surface area contributed by atoms with E-state index < -0.39 is 17.8 Å². The zero-order valence-electron chi connectivity index (χ0n) is 19.2. The summed E-state index contributed by atoms with van der Waals surface area (Å²) in [6.45, 7) is 1.86. The largest absolute Gasteiger partial charge is 0.465 e. The Kier molecular flexibility index (Phi) is 7.66. The highest BCUT2D eigenvalue weighted by atomic mass is 19.4. The van der Waals surface area contributed by atoms with Gasteiger partial charge < -0.3 is 15.3 Å². The Hall–Kier alpha value is -2.74. The van der Waals surface area contributed by atoms with Crippen LogP contribution in [0.3, 0.4) is 0 Å². The number of rotatable bonds is 6. The number of amides is 1. The molecule has 0 bridgehead atoms. The van der Waals surface area contributed by atoms with Gasteiger partial charge in [0, 0.05) is 37.4 Å². The predicted molar refractivity (Wildman–Crippen MR) is 126 cm³/mol. The van der Waals surface area contributed by atoms with Crippen molar-refractivity contribution in [1.29, 1.82) is 0 Å². The molecular weight excluding hydrogens is 443 g/mol. The van der Waals surface area contributed by atoms with Crippen LogP contribution in [0.2, 0.25) is 0 Å². The lowest BCUT2D eigenvalue weighted by molar-refractivity contribution is -0.137. The van der Waals surface area contributed by atoms with Gasteiger partial charge in [-0.3, -0.25) is 4.90 Å². The molecule has 2 aromatic rings. The average molecular weight is 476 g/mol. The van der Waals surface area contributed by atoms with Crippen LogP contribution >= 0.6 is 0 Å². The van der Waals surface area contributed by atoms with Crippen molar-refractivity contribution >= 4 is 11.8 Å². The maximum absolute atomic E-state index is 12.9. The van der Waals surface area contributed by atoms with Crippen molar-refractivity contribution in [2.75, 3.05) is 18.0 Å². The summed E-state index contributed by atoms with van der Waals surface area (Å²) in [6, 6.07) is 15.1.